The van der Waals surface area contributed by atoms with Crippen molar-refractivity contribution >= 4 is 5.91 Å². The van der Waals surface area contributed by atoms with Gasteiger partial charge in [-0.15, -0.1) is 0 Å². The van der Waals surface area contributed by atoms with E-state index in [1.54, 1.807) is 12.3 Å². The zero-order chi connectivity index (χ0) is 13.8. The van der Waals surface area contributed by atoms with Crippen molar-refractivity contribution in [3.8, 4) is 0 Å². The van der Waals surface area contributed by atoms with Crippen LogP contribution in [-0.2, 0) is 9.53 Å². The van der Waals surface area contributed by atoms with E-state index in [0.717, 1.165) is 39.0 Å². The first kappa shape index (κ1) is 16.1. The van der Waals surface area contributed by atoms with Gasteiger partial charge in [0.05, 0.1) is 12.9 Å². The number of carbonyl (C=O) groups is 1. The highest BCUT2D eigenvalue weighted by Crippen LogP contribution is 2.09. The van der Waals surface area contributed by atoms with Crippen LogP contribution >= 0.6 is 0 Å². The molecule has 0 saturated carbocycles. The summed E-state index contributed by atoms with van der Waals surface area (Å²) in [5.74, 6) is 0.0997. The van der Waals surface area contributed by atoms with Gasteiger partial charge in [0.1, 0.15) is 0 Å². The number of unbranched alkanes of at least 4 members (excludes halogenated alkanes) is 5. The van der Waals surface area contributed by atoms with Crippen LogP contribution in [0.3, 0.4) is 0 Å². The molecule has 0 spiro atoms. The first-order chi connectivity index (χ1) is 9.34. The van der Waals surface area contributed by atoms with Crippen LogP contribution in [0.2, 0.25) is 0 Å². The van der Waals surface area contributed by atoms with Crippen LogP contribution in [-0.4, -0.2) is 30.5 Å². The Kier molecular flexibility index (Phi) is 9.21. The van der Waals surface area contributed by atoms with Crippen molar-refractivity contribution in [1.82, 2.24) is 4.90 Å². The number of rotatable bonds is 9. The average Bonchev–Trinajstić information content (AvgIpc) is 2.46. The summed E-state index contributed by atoms with van der Waals surface area (Å²) in [5, 5.41) is 0. The monoisotopic (exact) mass is 267 g/mol. The Morgan fingerprint density at radius 1 is 1.05 bits per heavy atom. The Labute approximate surface area is 118 Å². The maximum absolute atomic E-state index is 11.8. The van der Waals surface area contributed by atoms with Gasteiger partial charge in [0.2, 0.25) is 5.91 Å². The fraction of sp³-hybridized carbons (Fsp3) is 0.812. The van der Waals surface area contributed by atoms with Crippen molar-refractivity contribution in [1.29, 1.82) is 0 Å². The molecule has 3 heteroatoms. The molecule has 0 atom stereocenters. The standard InChI is InChI=1S/C16H29NO2/c1-2-3-4-5-6-10-14-19-15-11-16(18)17-12-8-7-9-13-17/h11,15H,2-10,12-14H2,1H3. The van der Waals surface area contributed by atoms with Crippen molar-refractivity contribution in [2.75, 3.05) is 19.7 Å². The van der Waals surface area contributed by atoms with Crippen LogP contribution < -0.4 is 0 Å². The van der Waals surface area contributed by atoms with E-state index < -0.39 is 0 Å². The van der Waals surface area contributed by atoms with E-state index in [9.17, 15) is 4.79 Å². The van der Waals surface area contributed by atoms with Gasteiger partial charge in [-0.3, -0.25) is 4.79 Å². The Balaban J connectivity index is 1.95. The fourth-order valence-electron chi connectivity index (χ4n) is 2.36. The number of amides is 1. The van der Waals surface area contributed by atoms with E-state index in [4.69, 9.17) is 4.74 Å². The highest BCUT2D eigenvalue weighted by atomic mass is 16.5. The lowest BCUT2D eigenvalue weighted by Crippen LogP contribution is -2.34. The molecule has 1 aliphatic heterocycles. The summed E-state index contributed by atoms with van der Waals surface area (Å²) < 4.78 is 5.37. The summed E-state index contributed by atoms with van der Waals surface area (Å²) >= 11 is 0. The third-order valence-corrected chi connectivity index (χ3v) is 3.59. The lowest BCUT2D eigenvalue weighted by Gasteiger charge is -2.25. The number of ether oxygens (including phenoxy) is 1. The SMILES string of the molecule is CCCCCCCCOC=CC(=O)N1CCCCC1. The lowest BCUT2D eigenvalue weighted by atomic mass is 10.1. The van der Waals surface area contributed by atoms with Crippen LogP contribution in [0.25, 0.3) is 0 Å². The maximum Gasteiger partial charge on any atom is 0.249 e. The Hall–Kier alpha value is -0.990. The molecule has 1 rings (SSSR count). The molecule has 0 unspecified atom stereocenters. The Morgan fingerprint density at radius 3 is 2.47 bits per heavy atom. The Bertz CT molecular complexity index is 257. The highest BCUT2D eigenvalue weighted by Gasteiger charge is 2.13. The molecule has 1 fully saturated rings. The third-order valence-electron chi connectivity index (χ3n) is 3.59. The smallest absolute Gasteiger partial charge is 0.249 e. The predicted molar refractivity (Wildman–Crippen MR) is 78.9 cm³/mol. The van der Waals surface area contributed by atoms with Crippen molar-refractivity contribution < 1.29 is 9.53 Å². The zero-order valence-corrected chi connectivity index (χ0v) is 12.4. The van der Waals surface area contributed by atoms with Gasteiger partial charge in [-0.1, -0.05) is 39.0 Å². The second kappa shape index (κ2) is 10.9. The molecular formula is C16H29NO2. The van der Waals surface area contributed by atoms with Gasteiger partial charge in [0.25, 0.3) is 0 Å². The number of hydrogen-bond acceptors (Lipinski definition) is 2. The van der Waals surface area contributed by atoms with E-state index in [1.165, 1.54) is 38.5 Å². The number of likely N-dealkylation sites (tertiary alicyclic amines) is 1. The molecule has 1 heterocycles. The molecule has 0 radical (unpaired) electrons. The molecular weight excluding hydrogens is 238 g/mol. The van der Waals surface area contributed by atoms with Crippen LogP contribution in [0, 0.1) is 0 Å². The molecule has 1 saturated heterocycles. The third kappa shape index (κ3) is 7.91. The van der Waals surface area contributed by atoms with Gasteiger partial charge in [0.15, 0.2) is 0 Å². The second-order valence-corrected chi connectivity index (χ2v) is 5.33. The summed E-state index contributed by atoms with van der Waals surface area (Å²) in [5.41, 5.74) is 0. The molecule has 1 aliphatic rings. The second-order valence-electron chi connectivity index (χ2n) is 5.33. The molecule has 0 aromatic heterocycles. The summed E-state index contributed by atoms with van der Waals surface area (Å²) in [6.45, 7) is 4.77. The predicted octanol–water partition coefficient (Wildman–Crippen LogP) is 3.89. The van der Waals surface area contributed by atoms with Crippen LogP contribution in [0.4, 0.5) is 0 Å². The maximum atomic E-state index is 11.8. The largest absolute Gasteiger partial charge is 0.501 e. The number of hydrogen-bond donors (Lipinski definition) is 0. The molecule has 0 N–H and O–H groups in total. The molecule has 0 bridgehead atoms. The van der Waals surface area contributed by atoms with Gasteiger partial charge in [-0.2, -0.15) is 0 Å². The minimum Gasteiger partial charge on any atom is -0.501 e. The van der Waals surface area contributed by atoms with E-state index in [0.29, 0.717) is 0 Å². The first-order valence-electron chi connectivity index (χ1n) is 7.91. The topological polar surface area (TPSA) is 29.5 Å². The molecule has 0 aromatic carbocycles. The van der Waals surface area contributed by atoms with Crippen LogP contribution in [0.15, 0.2) is 12.3 Å². The van der Waals surface area contributed by atoms with E-state index in [2.05, 4.69) is 6.92 Å². The van der Waals surface area contributed by atoms with Crippen LogP contribution in [0.5, 0.6) is 0 Å². The molecule has 110 valence electrons. The molecule has 0 aromatic rings. The molecule has 1 amide bonds. The molecule has 0 aliphatic carbocycles. The Morgan fingerprint density at radius 2 is 1.74 bits per heavy atom. The van der Waals surface area contributed by atoms with Gasteiger partial charge in [-0.25, -0.2) is 0 Å². The average molecular weight is 267 g/mol. The summed E-state index contributed by atoms with van der Waals surface area (Å²) in [6.07, 6.45) is 14.3. The van der Waals surface area contributed by atoms with Gasteiger partial charge < -0.3 is 9.64 Å². The van der Waals surface area contributed by atoms with Crippen molar-refractivity contribution in [2.45, 2.75) is 64.7 Å². The number of nitrogens with zero attached hydrogens (tertiary/aromatic N) is 1. The summed E-state index contributed by atoms with van der Waals surface area (Å²) in [4.78, 5) is 13.7. The fourth-order valence-corrected chi connectivity index (χ4v) is 2.36. The lowest BCUT2D eigenvalue weighted by molar-refractivity contribution is -0.127. The quantitative estimate of drug-likeness (QED) is 0.360. The first-order valence-corrected chi connectivity index (χ1v) is 7.91. The summed E-state index contributed by atoms with van der Waals surface area (Å²) in [6, 6.07) is 0. The molecule has 3 nitrogen and oxygen atoms in total. The number of carbonyl (C=O) groups excluding carboxylic acids is 1. The number of piperidine rings is 1. The minimum atomic E-state index is 0.0997. The van der Waals surface area contributed by atoms with Crippen molar-refractivity contribution in [3.63, 3.8) is 0 Å². The van der Waals surface area contributed by atoms with Crippen LogP contribution in [0.1, 0.15) is 64.7 Å². The van der Waals surface area contributed by atoms with E-state index >= 15 is 0 Å². The van der Waals surface area contributed by atoms with E-state index in [-0.39, 0.29) is 5.91 Å². The van der Waals surface area contributed by atoms with Crippen molar-refractivity contribution in [2.24, 2.45) is 0 Å². The summed E-state index contributed by atoms with van der Waals surface area (Å²) in [7, 11) is 0. The molecule has 19 heavy (non-hydrogen) atoms. The zero-order valence-electron chi connectivity index (χ0n) is 12.4. The van der Waals surface area contributed by atoms with Gasteiger partial charge in [-0.05, 0) is 25.7 Å². The van der Waals surface area contributed by atoms with E-state index in [1.807, 2.05) is 4.90 Å². The highest BCUT2D eigenvalue weighted by molar-refractivity contribution is 5.87. The van der Waals surface area contributed by atoms with Crippen molar-refractivity contribution in [3.05, 3.63) is 12.3 Å². The van der Waals surface area contributed by atoms with Gasteiger partial charge in [0, 0.05) is 19.2 Å². The minimum absolute atomic E-state index is 0.0997. The normalized spacial score (nSPS) is 15.9. The van der Waals surface area contributed by atoms with Gasteiger partial charge >= 0.3 is 0 Å².